The van der Waals surface area contributed by atoms with Crippen LogP contribution in [0.2, 0.25) is 0 Å². The van der Waals surface area contributed by atoms with Crippen molar-refractivity contribution in [3.8, 4) is 17.4 Å². The van der Waals surface area contributed by atoms with Gasteiger partial charge in [-0.05, 0) is 17.7 Å². The zero-order valence-electron chi connectivity index (χ0n) is 15.5. The first-order valence-electron chi connectivity index (χ1n) is 8.35. The standard InChI is InChI=1S/C14H12O3.C7H9NO3/c15-13-9-5-4-8-12(13)14(16)17-10-11-6-2-1-3-7-11;1-10-5-3-6(9)8-7(4-5)11-2/h1-9,15H,10H2;3-4H,1-2H3,(H,8,9). The van der Waals surface area contributed by atoms with Gasteiger partial charge in [0.1, 0.15) is 23.7 Å². The number of methoxy groups -OCH3 is 2. The number of hydrogen-bond donors (Lipinski definition) is 2. The van der Waals surface area contributed by atoms with Crippen molar-refractivity contribution in [2.24, 2.45) is 0 Å². The predicted molar refractivity (Wildman–Crippen MR) is 104 cm³/mol. The topological polar surface area (TPSA) is 97.9 Å². The fourth-order valence-electron chi connectivity index (χ4n) is 2.17. The van der Waals surface area contributed by atoms with Gasteiger partial charge in [0, 0.05) is 12.1 Å². The van der Waals surface area contributed by atoms with E-state index in [1.165, 1.54) is 32.4 Å². The molecule has 7 heteroatoms. The molecule has 0 aliphatic rings. The van der Waals surface area contributed by atoms with Crippen LogP contribution in [0.25, 0.3) is 0 Å². The highest BCUT2D eigenvalue weighted by molar-refractivity contribution is 5.92. The molecule has 0 unspecified atom stereocenters. The molecule has 0 saturated heterocycles. The molecule has 2 N–H and O–H groups in total. The van der Waals surface area contributed by atoms with Gasteiger partial charge in [0.15, 0.2) is 5.88 Å². The van der Waals surface area contributed by atoms with Gasteiger partial charge in [-0.25, -0.2) is 4.79 Å². The molecule has 0 amide bonds. The molecule has 0 aliphatic carbocycles. The minimum Gasteiger partial charge on any atom is -0.507 e. The van der Waals surface area contributed by atoms with Crippen molar-refractivity contribution in [3.63, 3.8) is 0 Å². The molecule has 28 heavy (non-hydrogen) atoms. The van der Waals surface area contributed by atoms with Crippen molar-refractivity contribution in [2.45, 2.75) is 6.61 Å². The van der Waals surface area contributed by atoms with Crippen molar-refractivity contribution < 1.29 is 24.1 Å². The molecule has 0 atom stereocenters. The van der Waals surface area contributed by atoms with E-state index in [1.54, 1.807) is 18.2 Å². The zero-order chi connectivity index (χ0) is 20.4. The maximum Gasteiger partial charge on any atom is 0.342 e. The van der Waals surface area contributed by atoms with Crippen molar-refractivity contribution in [1.82, 2.24) is 4.98 Å². The number of aromatic hydroxyl groups is 1. The van der Waals surface area contributed by atoms with Crippen molar-refractivity contribution >= 4 is 5.97 Å². The molecule has 146 valence electrons. The molecular weight excluding hydrogens is 362 g/mol. The number of aromatic amines is 1. The van der Waals surface area contributed by atoms with Gasteiger partial charge < -0.3 is 19.3 Å². The molecule has 0 saturated carbocycles. The second-order valence-corrected chi connectivity index (χ2v) is 5.53. The van der Waals surface area contributed by atoms with E-state index in [9.17, 15) is 14.7 Å². The van der Waals surface area contributed by atoms with E-state index >= 15 is 0 Å². The van der Waals surface area contributed by atoms with Gasteiger partial charge in [-0.1, -0.05) is 42.5 Å². The van der Waals surface area contributed by atoms with Gasteiger partial charge in [-0.2, -0.15) is 0 Å². The molecule has 0 spiro atoms. The third kappa shape index (κ3) is 6.21. The molecule has 3 aromatic rings. The first kappa shape index (κ1) is 20.6. The van der Waals surface area contributed by atoms with Crippen LogP contribution in [0, 0.1) is 0 Å². The van der Waals surface area contributed by atoms with Crippen molar-refractivity contribution in [2.75, 3.05) is 14.2 Å². The van der Waals surface area contributed by atoms with Crippen LogP contribution in [0.4, 0.5) is 0 Å². The van der Waals surface area contributed by atoms with Crippen LogP contribution in [-0.4, -0.2) is 30.3 Å². The Kier molecular flexibility index (Phi) is 7.65. The minimum absolute atomic E-state index is 0.0643. The number of pyridine rings is 1. The van der Waals surface area contributed by atoms with E-state index in [2.05, 4.69) is 4.98 Å². The lowest BCUT2D eigenvalue weighted by atomic mass is 10.2. The van der Waals surface area contributed by atoms with Crippen LogP contribution in [0.15, 0.2) is 71.5 Å². The number of nitrogens with one attached hydrogen (secondary N) is 1. The summed E-state index contributed by atoms with van der Waals surface area (Å²) in [6, 6.07) is 18.7. The number of H-pyrrole nitrogens is 1. The van der Waals surface area contributed by atoms with E-state index in [0.717, 1.165) is 5.56 Å². The molecule has 1 aromatic heterocycles. The Labute approximate surface area is 162 Å². The normalized spacial score (nSPS) is 9.64. The largest absolute Gasteiger partial charge is 0.507 e. The maximum atomic E-state index is 11.7. The van der Waals surface area contributed by atoms with E-state index in [0.29, 0.717) is 11.6 Å². The number of para-hydroxylation sites is 1. The molecule has 0 aliphatic heterocycles. The summed E-state index contributed by atoms with van der Waals surface area (Å²) in [4.78, 5) is 24.9. The monoisotopic (exact) mass is 383 g/mol. The summed E-state index contributed by atoms with van der Waals surface area (Å²) in [6.07, 6.45) is 0. The SMILES string of the molecule is COc1cc(OC)[nH]c(=O)c1.O=C(OCc1ccccc1)c1ccccc1O. The Bertz CT molecular complexity index is 927. The third-order valence-electron chi connectivity index (χ3n) is 3.59. The number of rotatable bonds is 5. The lowest BCUT2D eigenvalue weighted by molar-refractivity contribution is 0.0469. The van der Waals surface area contributed by atoms with Crippen LogP contribution in [0.3, 0.4) is 0 Å². The Morgan fingerprint density at radius 1 is 0.964 bits per heavy atom. The second-order valence-electron chi connectivity index (χ2n) is 5.53. The van der Waals surface area contributed by atoms with Gasteiger partial charge in [0.25, 0.3) is 5.56 Å². The molecule has 0 fully saturated rings. The number of phenolic OH excluding ortho intramolecular Hbond substituents is 1. The fourth-order valence-corrected chi connectivity index (χ4v) is 2.17. The number of esters is 1. The van der Waals surface area contributed by atoms with Crippen molar-refractivity contribution in [1.29, 1.82) is 0 Å². The molecule has 0 bridgehead atoms. The number of phenols is 1. The van der Waals surface area contributed by atoms with Crippen LogP contribution >= 0.6 is 0 Å². The molecule has 3 rings (SSSR count). The van der Waals surface area contributed by atoms with Gasteiger partial charge in [0.2, 0.25) is 0 Å². The summed E-state index contributed by atoms with van der Waals surface area (Å²) in [5.74, 6) is 0.303. The van der Waals surface area contributed by atoms with Gasteiger partial charge in [-0.3, -0.25) is 9.78 Å². The summed E-state index contributed by atoms with van der Waals surface area (Å²) in [5.41, 5.74) is 0.862. The molecule has 0 radical (unpaired) electrons. The summed E-state index contributed by atoms with van der Waals surface area (Å²) < 4.78 is 14.7. The third-order valence-corrected chi connectivity index (χ3v) is 3.59. The molecule has 7 nitrogen and oxygen atoms in total. The number of benzene rings is 2. The Hall–Kier alpha value is -3.74. The second kappa shape index (κ2) is 10.4. The zero-order valence-corrected chi connectivity index (χ0v) is 15.5. The summed E-state index contributed by atoms with van der Waals surface area (Å²) in [5, 5.41) is 9.48. The fraction of sp³-hybridized carbons (Fsp3) is 0.143. The number of ether oxygens (including phenoxy) is 3. The van der Waals surface area contributed by atoms with Gasteiger partial charge in [0.05, 0.1) is 14.2 Å². The minimum atomic E-state index is -0.521. The maximum absolute atomic E-state index is 11.7. The Morgan fingerprint density at radius 2 is 1.64 bits per heavy atom. The number of aromatic nitrogens is 1. The van der Waals surface area contributed by atoms with Crippen LogP contribution in [0.1, 0.15) is 15.9 Å². The van der Waals surface area contributed by atoms with E-state index in [4.69, 9.17) is 14.2 Å². The highest BCUT2D eigenvalue weighted by Crippen LogP contribution is 2.17. The highest BCUT2D eigenvalue weighted by atomic mass is 16.5. The predicted octanol–water partition coefficient (Wildman–Crippen LogP) is 3.14. The first-order chi connectivity index (χ1) is 13.5. The first-order valence-corrected chi connectivity index (χ1v) is 8.35. The van der Waals surface area contributed by atoms with Crippen LogP contribution in [-0.2, 0) is 11.3 Å². The lowest BCUT2D eigenvalue weighted by Gasteiger charge is -2.05. The molecular formula is C21H21NO6. The smallest absolute Gasteiger partial charge is 0.342 e. The number of carbonyl (C=O) groups excluding carboxylic acids is 1. The van der Waals surface area contributed by atoms with Crippen LogP contribution in [0.5, 0.6) is 17.4 Å². The summed E-state index contributed by atoms with van der Waals surface area (Å²) >= 11 is 0. The summed E-state index contributed by atoms with van der Waals surface area (Å²) in [7, 11) is 2.97. The average molecular weight is 383 g/mol. The van der Waals surface area contributed by atoms with Crippen molar-refractivity contribution in [3.05, 3.63) is 88.2 Å². The lowest BCUT2D eigenvalue weighted by Crippen LogP contribution is -2.05. The Balaban J connectivity index is 0.000000221. The summed E-state index contributed by atoms with van der Waals surface area (Å²) in [6.45, 7) is 0.202. The average Bonchev–Trinajstić information content (AvgIpc) is 2.73. The Morgan fingerprint density at radius 3 is 2.29 bits per heavy atom. The number of hydrogen-bond acceptors (Lipinski definition) is 6. The quantitative estimate of drug-likeness (QED) is 0.657. The van der Waals surface area contributed by atoms with E-state index < -0.39 is 5.97 Å². The van der Waals surface area contributed by atoms with E-state index in [-0.39, 0.29) is 23.5 Å². The van der Waals surface area contributed by atoms with Gasteiger partial charge >= 0.3 is 5.97 Å². The molecule has 1 heterocycles. The van der Waals surface area contributed by atoms with Crippen LogP contribution < -0.4 is 15.0 Å². The highest BCUT2D eigenvalue weighted by Gasteiger charge is 2.11. The van der Waals surface area contributed by atoms with Gasteiger partial charge in [-0.15, -0.1) is 0 Å². The molecule has 2 aromatic carbocycles. The number of carbonyl (C=O) groups is 1. The van der Waals surface area contributed by atoms with E-state index in [1.807, 2.05) is 30.3 Å².